The zero-order valence-corrected chi connectivity index (χ0v) is 12.9. The standard InChI is InChI=1S/C17H13N5S/c1-3-15(21-19-11-13-5-7-18-8-6-13)4-2-14(1)16-12-22-9-10-23-17(22)20-16/h1-12,21H. The molecular weight excluding hydrogens is 306 g/mol. The third-order valence-corrected chi connectivity index (χ3v) is 4.16. The van der Waals surface area contributed by atoms with E-state index in [1.807, 2.05) is 58.6 Å². The Kier molecular flexibility index (Phi) is 3.57. The Labute approximate surface area is 137 Å². The molecule has 112 valence electrons. The summed E-state index contributed by atoms with van der Waals surface area (Å²) in [4.78, 5) is 9.58. The molecule has 0 spiro atoms. The van der Waals surface area contributed by atoms with Gasteiger partial charge in [0.15, 0.2) is 4.96 Å². The quantitative estimate of drug-likeness (QED) is 0.458. The Hall–Kier alpha value is -2.99. The van der Waals surface area contributed by atoms with Gasteiger partial charge >= 0.3 is 0 Å². The van der Waals surface area contributed by atoms with E-state index < -0.39 is 0 Å². The highest BCUT2D eigenvalue weighted by Crippen LogP contribution is 2.23. The van der Waals surface area contributed by atoms with Crippen LogP contribution in [0.4, 0.5) is 5.69 Å². The maximum absolute atomic E-state index is 4.60. The first-order valence-electron chi connectivity index (χ1n) is 7.10. The Morgan fingerprint density at radius 1 is 1.09 bits per heavy atom. The lowest BCUT2D eigenvalue weighted by atomic mass is 10.1. The van der Waals surface area contributed by atoms with Crippen LogP contribution in [0, 0.1) is 0 Å². The summed E-state index contributed by atoms with van der Waals surface area (Å²) in [6.45, 7) is 0. The SMILES string of the molecule is C(=NNc1ccc(-c2cn3ccsc3n2)cc1)c1ccncc1. The van der Waals surface area contributed by atoms with Gasteiger partial charge in [-0.05, 0) is 29.8 Å². The highest BCUT2D eigenvalue weighted by atomic mass is 32.1. The summed E-state index contributed by atoms with van der Waals surface area (Å²) in [7, 11) is 0. The van der Waals surface area contributed by atoms with Crippen molar-refractivity contribution in [2.24, 2.45) is 5.10 Å². The van der Waals surface area contributed by atoms with Crippen molar-refractivity contribution in [1.82, 2.24) is 14.4 Å². The van der Waals surface area contributed by atoms with E-state index in [0.717, 1.165) is 27.5 Å². The van der Waals surface area contributed by atoms with E-state index in [-0.39, 0.29) is 0 Å². The van der Waals surface area contributed by atoms with E-state index in [1.165, 1.54) is 0 Å². The highest BCUT2D eigenvalue weighted by Gasteiger charge is 2.04. The first kappa shape index (κ1) is 13.7. The lowest BCUT2D eigenvalue weighted by Crippen LogP contribution is -1.90. The average molecular weight is 319 g/mol. The van der Waals surface area contributed by atoms with Crippen LogP contribution in [-0.2, 0) is 0 Å². The number of aromatic nitrogens is 3. The van der Waals surface area contributed by atoms with Crippen molar-refractivity contribution < 1.29 is 0 Å². The van der Waals surface area contributed by atoms with Crippen molar-refractivity contribution in [2.45, 2.75) is 0 Å². The van der Waals surface area contributed by atoms with E-state index in [0.29, 0.717) is 0 Å². The fraction of sp³-hybridized carbons (Fsp3) is 0. The van der Waals surface area contributed by atoms with Crippen molar-refractivity contribution in [3.63, 3.8) is 0 Å². The molecule has 0 fully saturated rings. The summed E-state index contributed by atoms with van der Waals surface area (Å²) < 4.78 is 2.03. The molecule has 0 unspecified atom stereocenters. The van der Waals surface area contributed by atoms with Crippen LogP contribution in [0.25, 0.3) is 16.2 Å². The van der Waals surface area contributed by atoms with Crippen molar-refractivity contribution >= 4 is 28.2 Å². The molecule has 3 heterocycles. The molecule has 23 heavy (non-hydrogen) atoms. The number of nitrogens with one attached hydrogen (secondary N) is 1. The average Bonchev–Trinajstić information content (AvgIpc) is 3.18. The molecular formula is C17H13N5S. The molecule has 3 aromatic heterocycles. The van der Waals surface area contributed by atoms with E-state index in [2.05, 4.69) is 20.5 Å². The topological polar surface area (TPSA) is 54.6 Å². The number of hydrogen-bond donors (Lipinski definition) is 1. The molecule has 0 saturated heterocycles. The summed E-state index contributed by atoms with van der Waals surface area (Å²) in [6.07, 6.45) is 9.30. The molecule has 1 N–H and O–H groups in total. The minimum atomic E-state index is 0.931. The van der Waals surface area contributed by atoms with Crippen molar-refractivity contribution in [3.8, 4) is 11.3 Å². The second kappa shape index (κ2) is 6.02. The van der Waals surface area contributed by atoms with Crippen LogP contribution in [0.1, 0.15) is 5.56 Å². The van der Waals surface area contributed by atoms with Crippen LogP contribution in [0.3, 0.4) is 0 Å². The zero-order valence-electron chi connectivity index (χ0n) is 12.1. The molecule has 4 rings (SSSR count). The predicted octanol–water partition coefficient (Wildman–Crippen LogP) is 3.90. The van der Waals surface area contributed by atoms with Crippen LogP contribution in [0.5, 0.6) is 0 Å². The Balaban J connectivity index is 1.47. The number of pyridine rings is 1. The molecule has 0 bridgehead atoms. The smallest absolute Gasteiger partial charge is 0.194 e. The molecule has 0 saturated carbocycles. The van der Waals surface area contributed by atoms with E-state index in [4.69, 9.17) is 0 Å². The zero-order chi connectivity index (χ0) is 15.5. The number of nitrogens with zero attached hydrogens (tertiary/aromatic N) is 4. The van der Waals surface area contributed by atoms with Crippen molar-refractivity contribution in [2.75, 3.05) is 5.43 Å². The molecule has 6 heteroatoms. The van der Waals surface area contributed by atoms with Crippen LogP contribution >= 0.6 is 11.3 Å². The number of thiazole rings is 1. The minimum absolute atomic E-state index is 0.931. The fourth-order valence-corrected chi connectivity index (χ4v) is 2.91. The van der Waals surface area contributed by atoms with E-state index in [9.17, 15) is 0 Å². The van der Waals surface area contributed by atoms with E-state index in [1.54, 1.807) is 29.9 Å². The van der Waals surface area contributed by atoms with E-state index >= 15 is 0 Å². The third kappa shape index (κ3) is 2.97. The molecule has 0 aliphatic heterocycles. The van der Waals surface area contributed by atoms with Gasteiger partial charge in [0.2, 0.25) is 0 Å². The van der Waals surface area contributed by atoms with Crippen molar-refractivity contribution in [1.29, 1.82) is 0 Å². The molecule has 0 atom stereocenters. The molecule has 1 aromatic carbocycles. The van der Waals surface area contributed by atoms with Gasteiger partial charge in [-0.15, -0.1) is 11.3 Å². The Morgan fingerprint density at radius 2 is 1.91 bits per heavy atom. The van der Waals surface area contributed by atoms with Gasteiger partial charge in [-0.1, -0.05) is 12.1 Å². The largest absolute Gasteiger partial charge is 0.297 e. The number of rotatable bonds is 4. The number of hydrazone groups is 1. The van der Waals surface area contributed by atoms with Gasteiger partial charge in [0.05, 0.1) is 17.6 Å². The number of anilines is 1. The lowest BCUT2D eigenvalue weighted by molar-refractivity contribution is 1.23. The molecule has 0 radical (unpaired) electrons. The molecule has 0 amide bonds. The highest BCUT2D eigenvalue weighted by molar-refractivity contribution is 7.15. The lowest BCUT2D eigenvalue weighted by Gasteiger charge is -2.01. The number of hydrogen-bond acceptors (Lipinski definition) is 5. The maximum atomic E-state index is 4.60. The van der Waals surface area contributed by atoms with Gasteiger partial charge in [0, 0.05) is 35.7 Å². The van der Waals surface area contributed by atoms with Crippen LogP contribution in [0.2, 0.25) is 0 Å². The van der Waals surface area contributed by atoms with Crippen LogP contribution in [-0.4, -0.2) is 20.6 Å². The summed E-state index contributed by atoms with van der Waals surface area (Å²) >= 11 is 1.63. The van der Waals surface area contributed by atoms with Gasteiger partial charge in [0.1, 0.15) is 0 Å². The first-order valence-corrected chi connectivity index (χ1v) is 7.98. The summed E-state index contributed by atoms with van der Waals surface area (Å²) in [5, 5.41) is 6.25. The van der Waals surface area contributed by atoms with Gasteiger partial charge in [-0.3, -0.25) is 14.8 Å². The Bertz CT molecular complexity index is 909. The van der Waals surface area contributed by atoms with Gasteiger partial charge < -0.3 is 0 Å². The monoisotopic (exact) mass is 319 g/mol. The van der Waals surface area contributed by atoms with Crippen LogP contribution < -0.4 is 5.43 Å². The second-order valence-corrected chi connectivity index (χ2v) is 5.82. The minimum Gasteiger partial charge on any atom is -0.297 e. The predicted molar refractivity (Wildman–Crippen MR) is 94.0 cm³/mol. The van der Waals surface area contributed by atoms with Gasteiger partial charge in [0.25, 0.3) is 0 Å². The summed E-state index contributed by atoms with van der Waals surface area (Å²) in [6, 6.07) is 11.9. The maximum Gasteiger partial charge on any atom is 0.194 e. The molecule has 4 aromatic rings. The molecule has 0 aliphatic rings. The Morgan fingerprint density at radius 3 is 2.70 bits per heavy atom. The van der Waals surface area contributed by atoms with Crippen molar-refractivity contribution in [3.05, 3.63) is 72.1 Å². The third-order valence-electron chi connectivity index (χ3n) is 3.39. The summed E-state index contributed by atoms with van der Waals surface area (Å²) in [5.74, 6) is 0. The molecule has 5 nitrogen and oxygen atoms in total. The fourth-order valence-electron chi connectivity index (χ4n) is 2.21. The number of imidazole rings is 1. The van der Waals surface area contributed by atoms with Gasteiger partial charge in [-0.2, -0.15) is 5.10 Å². The second-order valence-electron chi connectivity index (χ2n) is 4.95. The molecule has 0 aliphatic carbocycles. The number of benzene rings is 1. The van der Waals surface area contributed by atoms with Gasteiger partial charge in [-0.25, -0.2) is 4.98 Å². The first-order chi connectivity index (χ1) is 11.4. The summed E-state index contributed by atoms with van der Waals surface area (Å²) in [5.41, 5.74) is 7.01. The normalized spacial score (nSPS) is 11.3. The number of fused-ring (bicyclic) bond motifs is 1. The van der Waals surface area contributed by atoms with Crippen LogP contribution in [0.15, 0.2) is 71.7 Å².